The molecule has 0 atom stereocenters. The van der Waals surface area contributed by atoms with Gasteiger partial charge in [-0.05, 0) is 54.1 Å². The molecule has 156 valence electrons. The Morgan fingerprint density at radius 1 is 1.16 bits per heavy atom. The van der Waals surface area contributed by atoms with Crippen LogP contribution in [0.25, 0.3) is 17.4 Å². The predicted molar refractivity (Wildman–Crippen MR) is 121 cm³/mol. The SMILES string of the molecule is Cc1ccc(-c2ccc(/C=C3/SC(=O)N(Cc4ccccc4Br)C3=O)o2)c([N+](=O)[O-])c1. The van der Waals surface area contributed by atoms with Gasteiger partial charge in [-0.2, -0.15) is 0 Å². The number of carbonyl (C=O) groups excluding carboxylic acids is 2. The van der Waals surface area contributed by atoms with Crippen molar-refractivity contribution in [2.45, 2.75) is 13.5 Å². The first-order valence-electron chi connectivity index (χ1n) is 9.17. The molecule has 4 rings (SSSR count). The van der Waals surface area contributed by atoms with Crippen LogP contribution in [-0.4, -0.2) is 21.0 Å². The van der Waals surface area contributed by atoms with Gasteiger partial charge in [0.15, 0.2) is 0 Å². The molecule has 0 saturated carbocycles. The highest BCUT2D eigenvalue weighted by Gasteiger charge is 2.35. The molecule has 31 heavy (non-hydrogen) atoms. The van der Waals surface area contributed by atoms with Crippen LogP contribution in [0.5, 0.6) is 0 Å². The highest BCUT2D eigenvalue weighted by molar-refractivity contribution is 9.10. The number of amides is 2. The summed E-state index contributed by atoms with van der Waals surface area (Å²) in [4.78, 5) is 37.5. The molecule has 0 aliphatic carbocycles. The molecule has 1 aliphatic rings. The molecule has 0 radical (unpaired) electrons. The van der Waals surface area contributed by atoms with E-state index in [9.17, 15) is 19.7 Å². The summed E-state index contributed by atoms with van der Waals surface area (Å²) < 4.78 is 6.55. The van der Waals surface area contributed by atoms with Gasteiger partial charge in [-0.1, -0.05) is 40.2 Å². The normalized spacial score (nSPS) is 15.2. The van der Waals surface area contributed by atoms with Crippen molar-refractivity contribution >= 4 is 50.6 Å². The summed E-state index contributed by atoms with van der Waals surface area (Å²) in [6, 6.07) is 15.5. The Bertz CT molecular complexity index is 1250. The Morgan fingerprint density at radius 2 is 1.94 bits per heavy atom. The summed E-state index contributed by atoms with van der Waals surface area (Å²) >= 11 is 4.26. The quantitative estimate of drug-likeness (QED) is 0.237. The van der Waals surface area contributed by atoms with Crippen molar-refractivity contribution in [1.82, 2.24) is 4.90 Å². The van der Waals surface area contributed by atoms with Gasteiger partial charge in [0.2, 0.25) is 0 Å². The standard InChI is InChI=1S/C22H15BrN2O5S/c1-13-6-8-16(18(10-13)25(28)29)19-9-7-15(30-19)11-20-21(26)24(22(27)31-20)12-14-4-2-3-5-17(14)23/h2-11H,12H2,1H3/b20-11+. The first-order valence-corrected chi connectivity index (χ1v) is 10.8. The molecule has 1 saturated heterocycles. The van der Waals surface area contributed by atoms with Gasteiger partial charge in [-0.15, -0.1) is 0 Å². The van der Waals surface area contributed by atoms with E-state index in [1.807, 2.05) is 24.3 Å². The van der Waals surface area contributed by atoms with E-state index < -0.39 is 10.8 Å². The largest absolute Gasteiger partial charge is 0.456 e. The monoisotopic (exact) mass is 498 g/mol. The Labute approximate surface area is 190 Å². The number of nitro benzene ring substituents is 1. The van der Waals surface area contributed by atoms with E-state index in [0.717, 1.165) is 27.4 Å². The van der Waals surface area contributed by atoms with Crippen LogP contribution in [0.4, 0.5) is 10.5 Å². The molecular formula is C22H15BrN2O5S. The fraction of sp³-hybridized carbons (Fsp3) is 0.0909. The summed E-state index contributed by atoms with van der Waals surface area (Å²) in [7, 11) is 0. The van der Waals surface area contributed by atoms with E-state index in [1.54, 1.807) is 31.2 Å². The Kier molecular flexibility index (Phi) is 5.79. The first-order chi connectivity index (χ1) is 14.8. The lowest BCUT2D eigenvalue weighted by atomic mass is 10.1. The number of rotatable bonds is 5. The number of carbonyl (C=O) groups is 2. The minimum atomic E-state index is -0.461. The molecular weight excluding hydrogens is 484 g/mol. The van der Waals surface area contributed by atoms with Gasteiger partial charge in [0.1, 0.15) is 11.5 Å². The lowest BCUT2D eigenvalue weighted by molar-refractivity contribution is -0.384. The van der Waals surface area contributed by atoms with Crippen LogP contribution in [0.15, 0.2) is 68.4 Å². The average molecular weight is 499 g/mol. The number of hydrogen-bond donors (Lipinski definition) is 0. The van der Waals surface area contributed by atoms with Gasteiger partial charge in [-0.3, -0.25) is 24.6 Å². The third-order valence-corrected chi connectivity index (χ3v) is 6.36. The summed E-state index contributed by atoms with van der Waals surface area (Å²) in [5.74, 6) is 0.228. The fourth-order valence-electron chi connectivity index (χ4n) is 3.14. The average Bonchev–Trinajstić information content (AvgIpc) is 3.29. The molecule has 1 aromatic heterocycles. The molecule has 3 aromatic rings. The molecule has 2 amide bonds. The predicted octanol–water partition coefficient (Wildman–Crippen LogP) is 6.16. The molecule has 1 fully saturated rings. The van der Waals surface area contributed by atoms with Crippen molar-refractivity contribution < 1.29 is 18.9 Å². The van der Waals surface area contributed by atoms with Crippen molar-refractivity contribution in [3.8, 4) is 11.3 Å². The smallest absolute Gasteiger partial charge is 0.293 e. The molecule has 0 spiro atoms. The number of aryl methyl sites for hydroxylation is 1. The molecule has 0 bridgehead atoms. The van der Waals surface area contributed by atoms with Crippen LogP contribution in [0, 0.1) is 17.0 Å². The van der Waals surface area contributed by atoms with E-state index in [-0.39, 0.29) is 22.4 Å². The number of halogens is 1. The number of benzene rings is 2. The van der Waals surface area contributed by atoms with Crippen molar-refractivity contribution in [2.75, 3.05) is 0 Å². The highest BCUT2D eigenvalue weighted by Crippen LogP contribution is 2.36. The molecule has 9 heteroatoms. The summed E-state index contributed by atoms with van der Waals surface area (Å²) in [6.07, 6.45) is 1.48. The molecule has 0 N–H and O–H groups in total. The third kappa shape index (κ3) is 4.33. The van der Waals surface area contributed by atoms with Crippen LogP contribution in [0.1, 0.15) is 16.9 Å². The van der Waals surface area contributed by atoms with Crippen molar-refractivity contribution in [1.29, 1.82) is 0 Å². The van der Waals surface area contributed by atoms with Gasteiger partial charge in [0, 0.05) is 16.6 Å². The van der Waals surface area contributed by atoms with Gasteiger partial charge >= 0.3 is 0 Å². The molecule has 7 nitrogen and oxygen atoms in total. The zero-order valence-electron chi connectivity index (χ0n) is 16.2. The zero-order valence-corrected chi connectivity index (χ0v) is 18.6. The highest BCUT2D eigenvalue weighted by atomic mass is 79.9. The lowest BCUT2D eigenvalue weighted by Crippen LogP contribution is -2.27. The zero-order chi connectivity index (χ0) is 22.1. The minimum Gasteiger partial charge on any atom is -0.456 e. The second kappa shape index (κ2) is 8.52. The third-order valence-electron chi connectivity index (χ3n) is 4.68. The first kappa shape index (κ1) is 21.1. The number of furan rings is 1. The topological polar surface area (TPSA) is 93.7 Å². The Balaban J connectivity index is 1.59. The van der Waals surface area contributed by atoms with E-state index >= 15 is 0 Å². The van der Waals surface area contributed by atoms with Gasteiger partial charge in [-0.25, -0.2) is 0 Å². The van der Waals surface area contributed by atoms with Crippen molar-refractivity contribution in [3.05, 3.63) is 91.0 Å². The molecule has 2 heterocycles. The summed E-state index contributed by atoms with van der Waals surface area (Å²) in [5.41, 5.74) is 1.87. The maximum absolute atomic E-state index is 12.8. The molecule has 1 aliphatic heterocycles. The number of imide groups is 1. The fourth-order valence-corrected chi connectivity index (χ4v) is 4.37. The van der Waals surface area contributed by atoms with Crippen LogP contribution in [0.2, 0.25) is 0 Å². The van der Waals surface area contributed by atoms with Gasteiger partial charge in [0.25, 0.3) is 16.8 Å². The minimum absolute atomic E-state index is 0.0605. The number of nitro groups is 1. The second-order valence-electron chi connectivity index (χ2n) is 6.84. The lowest BCUT2D eigenvalue weighted by Gasteiger charge is -2.13. The van der Waals surface area contributed by atoms with E-state index in [2.05, 4.69) is 15.9 Å². The van der Waals surface area contributed by atoms with E-state index in [4.69, 9.17) is 4.42 Å². The Hall–Kier alpha value is -3.17. The maximum atomic E-state index is 12.8. The summed E-state index contributed by atoms with van der Waals surface area (Å²) in [6.45, 7) is 1.93. The van der Waals surface area contributed by atoms with Crippen LogP contribution < -0.4 is 0 Å². The Morgan fingerprint density at radius 3 is 2.68 bits per heavy atom. The van der Waals surface area contributed by atoms with Crippen LogP contribution in [-0.2, 0) is 11.3 Å². The van der Waals surface area contributed by atoms with E-state index in [0.29, 0.717) is 17.1 Å². The van der Waals surface area contributed by atoms with Crippen molar-refractivity contribution in [2.24, 2.45) is 0 Å². The number of hydrogen-bond acceptors (Lipinski definition) is 6. The second-order valence-corrected chi connectivity index (χ2v) is 8.69. The van der Waals surface area contributed by atoms with Crippen LogP contribution in [0.3, 0.4) is 0 Å². The van der Waals surface area contributed by atoms with Crippen molar-refractivity contribution in [3.63, 3.8) is 0 Å². The van der Waals surface area contributed by atoms with Gasteiger partial charge < -0.3 is 4.42 Å². The summed E-state index contributed by atoms with van der Waals surface area (Å²) in [5, 5.41) is 11.0. The van der Waals surface area contributed by atoms with E-state index in [1.165, 1.54) is 17.0 Å². The number of thioether (sulfide) groups is 1. The molecule has 0 unspecified atom stereocenters. The maximum Gasteiger partial charge on any atom is 0.293 e. The van der Waals surface area contributed by atoms with Crippen LogP contribution >= 0.6 is 27.7 Å². The molecule has 2 aromatic carbocycles. The number of nitrogens with zero attached hydrogens (tertiary/aromatic N) is 2. The van der Waals surface area contributed by atoms with Gasteiger partial charge in [0.05, 0.1) is 21.9 Å².